The van der Waals surface area contributed by atoms with E-state index in [4.69, 9.17) is 9.47 Å². The molecular weight excluding hydrogens is 1010 g/mol. The molecular formula is C58H68F2N8O10. The number of aliphatic hydroxyl groups is 2. The van der Waals surface area contributed by atoms with Crippen LogP contribution in [0, 0.1) is 11.6 Å². The molecule has 2 aliphatic rings. The number of β-amino-alcohol motifs (C(OH)–C–C–N with tert-alkyl or cyclic N) is 2. The lowest BCUT2D eigenvalue weighted by Crippen LogP contribution is -2.54. The van der Waals surface area contributed by atoms with E-state index in [1.807, 2.05) is 36.4 Å². The Balaban J connectivity index is 1.03. The molecule has 0 spiro atoms. The summed E-state index contributed by atoms with van der Waals surface area (Å²) in [5.74, 6) is -3.11. The van der Waals surface area contributed by atoms with Gasteiger partial charge in [-0.2, -0.15) is 0 Å². The highest BCUT2D eigenvalue weighted by atomic mass is 19.1. The van der Waals surface area contributed by atoms with E-state index in [2.05, 4.69) is 20.6 Å². The summed E-state index contributed by atoms with van der Waals surface area (Å²) in [4.78, 5) is 94.5. The molecule has 0 saturated carbocycles. The molecule has 78 heavy (non-hydrogen) atoms. The van der Waals surface area contributed by atoms with E-state index in [0.717, 1.165) is 20.9 Å². The molecule has 2 aliphatic heterocycles. The van der Waals surface area contributed by atoms with Crippen molar-refractivity contribution in [1.82, 2.24) is 40.2 Å². The molecule has 4 aromatic carbocycles. The van der Waals surface area contributed by atoms with Crippen LogP contribution in [-0.4, -0.2) is 151 Å². The third-order valence-corrected chi connectivity index (χ3v) is 15.2. The number of hydrogen-bond donors (Lipinski definition) is 6. The van der Waals surface area contributed by atoms with E-state index in [-0.39, 0.29) is 64.8 Å². The predicted molar refractivity (Wildman–Crippen MR) is 287 cm³/mol. The lowest BCUT2D eigenvalue weighted by atomic mass is 9.94. The van der Waals surface area contributed by atoms with E-state index in [0.29, 0.717) is 44.3 Å². The van der Waals surface area contributed by atoms with Crippen LogP contribution in [0.25, 0.3) is 33.2 Å². The molecule has 2 fully saturated rings. The van der Waals surface area contributed by atoms with Gasteiger partial charge in [0.2, 0.25) is 23.6 Å². The molecule has 6 aromatic rings. The molecule has 20 heteroatoms. The quantitative estimate of drug-likeness (QED) is 0.0503. The fraction of sp³-hybridized carbons (Fsp3) is 0.414. The number of H-pyrrole nitrogens is 2. The maximum absolute atomic E-state index is 15.1. The first-order valence-electron chi connectivity index (χ1n) is 26.4. The summed E-state index contributed by atoms with van der Waals surface area (Å²) in [7, 11) is 2.87. The number of aliphatic hydroxyl groups excluding tert-OH is 2. The number of amides is 6. The predicted octanol–water partition coefficient (Wildman–Crippen LogP) is 6.71. The fourth-order valence-electron chi connectivity index (χ4n) is 10.5. The van der Waals surface area contributed by atoms with Gasteiger partial charge in [0, 0.05) is 61.1 Å². The number of ether oxygens (including phenoxy) is 2. The van der Waals surface area contributed by atoms with Crippen molar-refractivity contribution < 1.29 is 57.2 Å². The minimum atomic E-state index is -1.03. The molecule has 0 aliphatic carbocycles. The summed E-state index contributed by atoms with van der Waals surface area (Å²) in [6, 6.07) is 21.4. The van der Waals surface area contributed by atoms with Crippen LogP contribution in [0.5, 0.6) is 0 Å². The van der Waals surface area contributed by atoms with Gasteiger partial charge in [0.25, 0.3) is 0 Å². The molecule has 0 radical (unpaired) electrons. The van der Waals surface area contributed by atoms with Crippen LogP contribution in [0.1, 0.15) is 75.6 Å². The molecule has 6 amide bonds. The number of nitrogens with one attached hydrogen (secondary N) is 4. The molecule has 2 saturated heterocycles. The largest absolute Gasteiger partial charge is 0.445 e. The summed E-state index contributed by atoms with van der Waals surface area (Å²) in [6.07, 6.45) is -2.29. The highest BCUT2D eigenvalue weighted by Crippen LogP contribution is 2.40. The van der Waals surface area contributed by atoms with Gasteiger partial charge in [-0.1, -0.05) is 74.5 Å². The van der Waals surface area contributed by atoms with Gasteiger partial charge in [0.1, 0.15) is 49.0 Å². The molecule has 8 rings (SSSR count). The first-order valence-corrected chi connectivity index (χ1v) is 26.4. The highest BCUT2D eigenvalue weighted by molar-refractivity contribution is 5.97. The standard InChI is InChI=1S/C58H68F2N8O10/c1-7-47(63-53(71)33(3)65(5)57(75)77-31-35-15-11-9-12-16-35)55(73)67-29-41(69)25-39(67)27-45-43-21-19-37(59)23-49(43)61-51(45)52-46(44-22-20-38(60)24-50(44)62-52)28-40-26-42(70)30-68(40)56(74)48(8-2)64-54(72)34(4)66(6)58(76)78-32-36-17-13-10-14-18-36/h9-24,33-34,39-42,47-48,61-62,69-70H,7-8,25-32H2,1-6H3,(H,63,71)(H,64,72)/t33-,34-,39-,40-,41-,42-,47-,48-/m0/s1. The van der Waals surface area contributed by atoms with E-state index in [1.54, 1.807) is 50.2 Å². The number of nitrogens with zero attached hydrogens (tertiary/aromatic N) is 4. The van der Waals surface area contributed by atoms with Crippen molar-refractivity contribution in [3.63, 3.8) is 0 Å². The van der Waals surface area contributed by atoms with Crippen LogP contribution in [0.15, 0.2) is 97.1 Å². The SMILES string of the molecule is CC[C@H](NC(=O)[C@H](C)N(C)C(=O)OCc1ccccc1)C(=O)N1C[C@@H](O)C[C@H]1Cc1c(-c2[nH]c3cc(F)ccc3c2C[C@@H]2C[C@H](O)CN2C(=O)[C@H](CC)NC(=O)[C@H](C)N(C)C(=O)OCc2ccccc2)[nH]c2cc(F)ccc12. The van der Waals surface area contributed by atoms with Crippen LogP contribution in [-0.2, 0) is 54.7 Å². The summed E-state index contributed by atoms with van der Waals surface area (Å²) in [6.45, 7) is 6.46. The van der Waals surface area contributed by atoms with Crippen LogP contribution in [0.2, 0.25) is 0 Å². The lowest BCUT2D eigenvalue weighted by molar-refractivity contribution is -0.138. The van der Waals surface area contributed by atoms with Crippen LogP contribution >= 0.6 is 0 Å². The summed E-state index contributed by atoms with van der Waals surface area (Å²) in [5, 5.41) is 29.2. The zero-order valence-corrected chi connectivity index (χ0v) is 44.6. The second kappa shape index (κ2) is 24.7. The van der Waals surface area contributed by atoms with Gasteiger partial charge in [-0.25, -0.2) is 18.4 Å². The monoisotopic (exact) mass is 1070 g/mol. The van der Waals surface area contributed by atoms with Gasteiger partial charge in [-0.15, -0.1) is 0 Å². The second-order valence-electron chi connectivity index (χ2n) is 20.4. The Labute approximate surface area is 451 Å². The minimum Gasteiger partial charge on any atom is -0.445 e. The minimum absolute atomic E-state index is 0.00441. The van der Waals surface area contributed by atoms with E-state index >= 15 is 8.78 Å². The third-order valence-electron chi connectivity index (χ3n) is 15.2. The average Bonchev–Trinajstić information content (AvgIpc) is 4.22. The van der Waals surface area contributed by atoms with Crippen molar-refractivity contribution >= 4 is 57.6 Å². The highest BCUT2D eigenvalue weighted by Gasteiger charge is 2.41. The zero-order chi connectivity index (χ0) is 55.9. The molecule has 8 atom stereocenters. The summed E-state index contributed by atoms with van der Waals surface area (Å²) < 4.78 is 41.0. The molecule has 18 nitrogen and oxygen atoms in total. The van der Waals surface area contributed by atoms with Gasteiger partial charge in [-0.05, 0) is 111 Å². The molecule has 414 valence electrons. The topological polar surface area (TPSA) is 230 Å². The number of rotatable bonds is 19. The van der Waals surface area contributed by atoms with Gasteiger partial charge in [-0.3, -0.25) is 29.0 Å². The molecule has 6 N–H and O–H groups in total. The van der Waals surface area contributed by atoms with Crippen LogP contribution < -0.4 is 10.6 Å². The van der Waals surface area contributed by atoms with Gasteiger partial charge in [0.15, 0.2) is 0 Å². The summed E-state index contributed by atoms with van der Waals surface area (Å²) in [5.41, 5.74) is 4.66. The Morgan fingerprint density at radius 1 is 0.615 bits per heavy atom. The Kier molecular flexibility index (Phi) is 17.8. The normalized spacial score (nSPS) is 18.8. The number of aromatic nitrogens is 2. The summed E-state index contributed by atoms with van der Waals surface area (Å²) >= 11 is 0. The number of carbonyl (C=O) groups is 6. The number of hydrogen-bond acceptors (Lipinski definition) is 10. The van der Waals surface area contributed by atoms with E-state index < -0.39 is 95.9 Å². The Hall–Kier alpha value is -7.84. The van der Waals surface area contributed by atoms with Crippen molar-refractivity contribution in [2.24, 2.45) is 0 Å². The third kappa shape index (κ3) is 12.6. The number of fused-ring (bicyclic) bond motifs is 2. The van der Waals surface area contributed by atoms with Gasteiger partial charge < -0.3 is 50.1 Å². The average molecular weight is 1080 g/mol. The Morgan fingerprint density at radius 3 is 1.35 bits per heavy atom. The van der Waals surface area contributed by atoms with Crippen molar-refractivity contribution in [3.8, 4) is 11.4 Å². The van der Waals surface area contributed by atoms with Crippen molar-refractivity contribution in [2.45, 2.75) is 128 Å². The first-order chi connectivity index (χ1) is 37.3. The van der Waals surface area contributed by atoms with Crippen molar-refractivity contribution in [1.29, 1.82) is 0 Å². The molecule has 4 heterocycles. The maximum Gasteiger partial charge on any atom is 0.410 e. The molecule has 0 bridgehead atoms. The Bertz CT molecular complexity index is 2930. The first kappa shape index (κ1) is 56.4. The van der Waals surface area contributed by atoms with E-state index in [1.165, 1.54) is 62.0 Å². The number of likely N-dealkylation sites (N-methyl/N-ethyl adjacent to an activating group) is 2. The maximum atomic E-state index is 15.1. The number of halogens is 2. The number of benzene rings is 4. The number of aromatic amines is 2. The van der Waals surface area contributed by atoms with E-state index in [9.17, 15) is 39.0 Å². The number of likely N-dealkylation sites (tertiary alicyclic amines) is 2. The smallest absolute Gasteiger partial charge is 0.410 e. The van der Waals surface area contributed by atoms with Crippen molar-refractivity contribution in [3.05, 3.63) is 131 Å². The van der Waals surface area contributed by atoms with Gasteiger partial charge in [0.05, 0.1) is 23.6 Å². The molecule has 2 aromatic heterocycles. The number of carbonyl (C=O) groups excluding carboxylic acids is 6. The van der Waals surface area contributed by atoms with Gasteiger partial charge >= 0.3 is 12.2 Å². The van der Waals surface area contributed by atoms with Crippen LogP contribution in [0.4, 0.5) is 18.4 Å². The lowest BCUT2D eigenvalue weighted by Gasteiger charge is -2.31. The van der Waals surface area contributed by atoms with Crippen molar-refractivity contribution in [2.75, 3.05) is 27.2 Å². The fourth-order valence-corrected chi connectivity index (χ4v) is 10.5. The van der Waals surface area contributed by atoms with Crippen LogP contribution in [0.3, 0.4) is 0 Å². The Morgan fingerprint density at radius 2 is 0.987 bits per heavy atom. The molecule has 0 unspecified atom stereocenters. The second-order valence-corrected chi connectivity index (χ2v) is 20.4. The zero-order valence-electron chi connectivity index (χ0n) is 44.6.